The summed E-state index contributed by atoms with van der Waals surface area (Å²) in [7, 11) is 0. The Balaban J connectivity index is 1.35. The third-order valence-corrected chi connectivity index (χ3v) is 4.49. The molecule has 0 unspecified atom stereocenters. The van der Waals surface area contributed by atoms with E-state index in [-0.39, 0.29) is 25.0 Å². The summed E-state index contributed by atoms with van der Waals surface area (Å²) in [5.74, 6) is -0.771. The second kappa shape index (κ2) is 7.98. The van der Waals surface area contributed by atoms with Crippen molar-refractivity contribution < 1.29 is 23.9 Å². The van der Waals surface area contributed by atoms with Crippen molar-refractivity contribution in [2.24, 2.45) is 0 Å². The van der Waals surface area contributed by atoms with E-state index in [1.807, 2.05) is 30.3 Å². The number of imide groups is 1. The lowest BCUT2D eigenvalue weighted by molar-refractivity contribution is -0.147. The van der Waals surface area contributed by atoms with Crippen LogP contribution in [0.3, 0.4) is 0 Å². The third-order valence-electron chi connectivity index (χ3n) is 4.49. The van der Waals surface area contributed by atoms with E-state index in [4.69, 9.17) is 9.47 Å². The van der Waals surface area contributed by atoms with Crippen molar-refractivity contribution >= 4 is 23.5 Å². The van der Waals surface area contributed by atoms with E-state index in [0.717, 1.165) is 10.5 Å². The number of ether oxygens (including phenoxy) is 2. The maximum absolute atomic E-state index is 12.5. The van der Waals surface area contributed by atoms with Gasteiger partial charge in [0, 0.05) is 0 Å². The van der Waals surface area contributed by atoms with Crippen LogP contribution in [0.1, 0.15) is 26.3 Å². The Hall–Kier alpha value is -3.93. The molecule has 1 heterocycles. The zero-order valence-corrected chi connectivity index (χ0v) is 15.4. The monoisotopic (exact) mass is 387 g/mol. The number of carbonyl (C=O) groups excluding carboxylic acids is 3. The highest BCUT2D eigenvalue weighted by Gasteiger charge is 2.36. The average molecular weight is 387 g/mol. The molecule has 144 valence electrons. The first kappa shape index (κ1) is 18.4. The predicted octanol–water partition coefficient (Wildman–Crippen LogP) is 3.61. The van der Waals surface area contributed by atoms with Gasteiger partial charge in [0.05, 0.1) is 16.8 Å². The van der Waals surface area contributed by atoms with Gasteiger partial charge in [0.25, 0.3) is 11.8 Å². The molecule has 29 heavy (non-hydrogen) atoms. The topological polar surface area (TPSA) is 72.9 Å². The van der Waals surface area contributed by atoms with Crippen molar-refractivity contribution in [3.8, 4) is 5.75 Å². The van der Waals surface area contributed by atoms with Crippen LogP contribution >= 0.6 is 0 Å². The Morgan fingerprint density at radius 3 is 1.97 bits per heavy atom. The smallest absolute Gasteiger partial charge is 0.344 e. The molecule has 1 aliphatic rings. The largest absolute Gasteiger partial charge is 0.482 e. The molecule has 6 heteroatoms. The molecule has 3 aromatic rings. The molecular weight excluding hydrogens is 370 g/mol. The third kappa shape index (κ3) is 3.87. The van der Waals surface area contributed by atoms with Gasteiger partial charge >= 0.3 is 5.97 Å². The Morgan fingerprint density at radius 1 is 0.759 bits per heavy atom. The van der Waals surface area contributed by atoms with Crippen LogP contribution in [0.5, 0.6) is 5.75 Å². The zero-order chi connectivity index (χ0) is 20.2. The van der Waals surface area contributed by atoms with Crippen molar-refractivity contribution in [1.29, 1.82) is 0 Å². The van der Waals surface area contributed by atoms with Crippen molar-refractivity contribution in [1.82, 2.24) is 0 Å². The number of esters is 1. The highest BCUT2D eigenvalue weighted by Crippen LogP contribution is 2.29. The molecule has 4 rings (SSSR count). The van der Waals surface area contributed by atoms with E-state index in [1.54, 1.807) is 48.5 Å². The lowest BCUT2D eigenvalue weighted by Gasteiger charge is -2.14. The fraction of sp³-hybridized carbons (Fsp3) is 0.0870. The lowest BCUT2D eigenvalue weighted by atomic mass is 10.1. The number of fused-ring (bicyclic) bond motifs is 1. The summed E-state index contributed by atoms with van der Waals surface area (Å²) in [6, 6.07) is 22.5. The zero-order valence-electron chi connectivity index (χ0n) is 15.4. The minimum atomic E-state index is -0.488. The van der Waals surface area contributed by atoms with Crippen molar-refractivity contribution in [2.75, 3.05) is 11.5 Å². The summed E-state index contributed by atoms with van der Waals surface area (Å²) in [5, 5.41) is 0. The molecule has 0 saturated carbocycles. The van der Waals surface area contributed by atoms with Gasteiger partial charge < -0.3 is 9.47 Å². The van der Waals surface area contributed by atoms with Gasteiger partial charge in [-0.25, -0.2) is 9.69 Å². The molecule has 0 aliphatic carbocycles. The first-order valence-corrected chi connectivity index (χ1v) is 9.04. The number of benzene rings is 3. The Kier molecular flexibility index (Phi) is 5.07. The highest BCUT2D eigenvalue weighted by atomic mass is 16.6. The number of nitrogens with zero attached hydrogens (tertiary/aromatic N) is 1. The standard InChI is InChI=1S/C23H17NO5/c25-21(29-14-16-6-2-1-3-7-16)15-28-18-12-10-17(11-13-18)24-22(26)19-8-4-5-9-20(19)23(24)27/h1-13H,14-15H2. The maximum atomic E-state index is 12.5. The first-order valence-electron chi connectivity index (χ1n) is 9.04. The van der Waals surface area contributed by atoms with Crippen molar-refractivity contribution in [3.63, 3.8) is 0 Å². The Morgan fingerprint density at radius 2 is 1.34 bits per heavy atom. The first-order chi connectivity index (χ1) is 14.1. The van der Waals surface area contributed by atoms with E-state index < -0.39 is 5.97 Å². The number of carbonyl (C=O) groups is 3. The van der Waals surface area contributed by atoms with Crippen LogP contribution in [0, 0.1) is 0 Å². The second-order valence-corrected chi connectivity index (χ2v) is 6.42. The number of hydrogen-bond donors (Lipinski definition) is 0. The van der Waals surface area contributed by atoms with E-state index in [0.29, 0.717) is 22.6 Å². The van der Waals surface area contributed by atoms with E-state index in [9.17, 15) is 14.4 Å². The van der Waals surface area contributed by atoms with Gasteiger partial charge in [-0.15, -0.1) is 0 Å². The van der Waals surface area contributed by atoms with Gasteiger partial charge in [-0.2, -0.15) is 0 Å². The molecular formula is C23H17NO5. The number of anilines is 1. The highest BCUT2D eigenvalue weighted by molar-refractivity contribution is 6.34. The van der Waals surface area contributed by atoms with E-state index in [1.165, 1.54) is 0 Å². The molecule has 0 atom stereocenters. The fourth-order valence-corrected chi connectivity index (χ4v) is 3.04. The van der Waals surface area contributed by atoms with Gasteiger partial charge in [0.15, 0.2) is 6.61 Å². The molecule has 6 nitrogen and oxygen atoms in total. The minimum absolute atomic E-state index is 0.182. The van der Waals surface area contributed by atoms with Gasteiger partial charge in [-0.05, 0) is 42.0 Å². The number of amides is 2. The molecule has 0 fully saturated rings. The molecule has 0 bridgehead atoms. The van der Waals surface area contributed by atoms with Crippen LogP contribution in [0.15, 0.2) is 78.9 Å². The number of rotatable bonds is 6. The Bertz CT molecular complexity index is 1030. The van der Waals surface area contributed by atoms with E-state index >= 15 is 0 Å². The van der Waals surface area contributed by atoms with Crippen molar-refractivity contribution in [3.05, 3.63) is 95.6 Å². The van der Waals surface area contributed by atoms with Crippen molar-refractivity contribution in [2.45, 2.75) is 6.61 Å². The normalized spacial score (nSPS) is 12.6. The molecule has 0 spiro atoms. The van der Waals surface area contributed by atoms with Crippen LogP contribution in [-0.4, -0.2) is 24.4 Å². The fourth-order valence-electron chi connectivity index (χ4n) is 3.04. The Labute approximate surface area is 167 Å². The SMILES string of the molecule is O=C(COc1ccc(N2C(=O)c3ccccc3C2=O)cc1)OCc1ccccc1. The molecule has 0 N–H and O–H groups in total. The van der Waals surface area contributed by atoms with Crippen LogP contribution in [0.2, 0.25) is 0 Å². The molecule has 0 aromatic heterocycles. The maximum Gasteiger partial charge on any atom is 0.344 e. The van der Waals surface area contributed by atoms with Gasteiger partial charge in [-0.3, -0.25) is 9.59 Å². The summed E-state index contributed by atoms with van der Waals surface area (Å²) >= 11 is 0. The van der Waals surface area contributed by atoms with Crippen LogP contribution in [-0.2, 0) is 16.1 Å². The van der Waals surface area contributed by atoms with Crippen LogP contribution in [0.4, 0.5) is 5.69 Å². The molecule has 1 aliphatic heterocycles. The van der Waals surface area contributed by atoms with Crippen LogP contribution in [0.25, 0.3) is 0 Å². The second-order valence-electron chi connectivity index (χ2n) is 6.42. The van der Waals surface area contributed by atoms with E-state index in [2.05, 4.69) is 0 Å². The molecule has 0 saturated heterocycles. The summed E-state index contributed by atoms with van der Waals surface area (Å²) in [6.45, 7) is -0.0547. The summed E-state index contributed by atoms with van der Waals surface area (Å²) in [5.41, 5.74) is 2.11. The van der Waals surface area contributed by atoms with Gasteiger partial charge in [0.1, 0.15) is 12.4 Å². The summed E-state index contributed by atoms with van der Waals surface area (Å²) in [4.78, 5) is 38.0. The van der Waals surface area contributed by atoms with Gasteiger partial charge in [-0.1, -0.05) is 42.5 Å². The minimum Gasteiger partial charge on any atom is -0.482 e. The van der Waals surface area contributed by atoms with Gasteiger partial charge in [0.2, 0.25) is 0 Å². The quantitative estimate of drug-likeness (QED) is 0.477. The lowest BCUT2D eigenvalue weighted by Crippen LogP contribution is -2.29. The summed E-state index contributed by atoms with van der Waals surface area (Å²) in [6.07, 6.45) is 0. The predicted molar refractivity (Wildman–Crippen MR) is 106 cm³/mol. The number of hydrogen-bond acceptors (Lipinski definition) is 5. The molecule has 0 radical (unpaired) electrons. The molecule has 2 amide bonds. The van der Waals surface area contributed by atoms with Crippen LogP contribution < -0.4 is 9.64 Å². The summed E-state index contributed by atoms with van der Waals surface area (Å²) < 4.78 is 10.6. The average Bonchev–Trinajstić information content (AvgIpc) is 3.02. The molecule has 3 aromatic carbocycles.